The maximum atomic E-state index is 6.08. The number of rotatable bonds is 3. The molecule has 0 bridgehead atoms. The molecule has 3 N–H and O–H groups in total. The highest BCUT2D eigenvalue weighted by Gasteiger charge is 2.34. The monoisotopic (exact) mass is 346 g/mol. The number of nitrogens with two attached hydrogens (primary N) is 1. The quantitative estimate of drug-likeness (QED) is 0.837. The van der Waals surface area contributed by atoms with Crippen LogP contribution >= 0.6 is 15.9 Å². The first-order valence-corrected chi connectivity index (χ1v) is 8.34. The van der Waals surface area contributed by atoms with Crippen LogP contribution < -0.4 is 11.1 Å². The molecule has 110 valence electrons. The molecule has 2 aliphatic rings. The van der Waals surface area contributed by atoms with Gasteiger partial charge in [0.1, 0.15) is 0 Å². The summed E-state index contributed by atoms with van der Waals surface area (Å²) in [5, 5.41) is 4.67. The largest absolute Gasteiger partial charge is 0.398 e. The van der Waals surface area contributed by atoms with Gasteiger partial charge in [0.2, 0.25) is 0 Å². The number of anilines is 2. The number of halogens is 1. The van der Waals surface area contributed by atoms with Crippen molar-refractivity contribution in [2.45, 2.75) is 31.3 Å². The van der Waals surface area contributed by atoms with E-state index >= 15 is 0 Å². The summed E-state index contributed by atoms with van der Waals surface area (Å²) in [6.07, 6.45) is 5.80. The summed E-state index contributed by atoms with van der Waals surface area (Å²) in [5.74, 6) is 0. The smallest absolute Gasteiger partial charge is 0.0954 e. The Morgan fingerprint density at radius 3 is 2.95 bits per heavy atom. The lowest BCUT2D eigenvalue weighted by atomic mass is 10.1. The number of nitrogen functional groups attached to an aromatic ring is 1. The minimum Gasteiger partial charge on any atom is -0.398 e. The van der Waals surface area contributed by atoms with Crippen LogP contribution in [0.4, 0.5) is 11.4 Å². The molecular formula is C16H19BrN4. The van der Waals surface area contributed by atoms with Gasteiger partial charge in [-0.3, -0.25) is 9.88 Å². The van der Waals surface area contributed by atoms with Gasteiger partial charge in [0.15, 0.2) is 0 Å². The zero-order chi connectivity index (χ0) is 14.4. The van der Waals surface area contributed by atoms with Crippen molar-refractivity contribution in [3.8, 4) is 0 Å². The van der Waals surface area contributed by atoms with Gasteiger partial charge in [0, 0.05) is 46.9 Å². The van der Waals surface area contributed by atoms with Gasteiger partial charge in [-0.15, -0.1) is 0 Å². The van der Waals surface area contributed by atoms with Crippen molar-refractivity contribution in [1.29, 1.82) is 0 Å². The summed E-state index contributed by atoms with van der Waals surface area (Å²) >= 11 is 3.46. The second kappa shape index (κ2) is 5.14. The van der Waals surface area contributed by atoms with Crippen LogP contribution in [-0.4, -0.2) is 35.1 Å². The summed E-state index contributed by atoms with van der Waals surface area (Å²) in [4.78, 5) is 7.16. The number of pyridine rings is 1. The minimum absolute atomic E-state index is 0.517. The normalized spacial score (nSPS) is 22.8. The molecule has 2 heterocycles. The van der Waals surface area contributed by atoms with Crippen LogP contribution in [0.15, 0.2) is 28.9 Å². The van der Waals surface area contributed by atoms with Crippen LogP contribution in [0.3, 0.4) is 0 Å². The number of nitrogens with zero attached hydrogens (tertiary/aromatic N) is 2. The SMILES string of the molecule is Nc1ccc(NC2CCN(C3CC3)C2)c2ncc(Br)cc12. The molecule has 1 saturated heterocycles. The van der Waals surface area contributed by atoms with Gasteiger partial charge < -0.3 is 11.1 Å². The lowest BCUT2D eigenvalue weighted by Crippen LogP contribution is -2.27. The number of benzene rings is 1. The Kier molecular flexibility index (Phi) is 3.27. The van der Waals surface area contributed by atoms with Gasteiger partial charge in [-0.2, -0.15) is 0 Å². The second-order valence-corrected chi connectivity index (χ2v) is 7.02. The fourth-order valence-electron chi connectivity index (χ4n) is 3.23. The highest BCUT2D eigenvalue weighted by molar-refractivity contribution is 9.10. The molecule has 1 aromatic carbocycles. The first kappa shape index (κ1) is 13.3. The van der Waals surface area contributed by atoms with E-state index in [9.17, 15) is 0 Å². The molecule has 1 aromatic heterocycles. The van der Waals surface area contributed by atoms with E-state index in [1.807, 2.05) is 18.3 Å². The van der Waals surface area contributed by atoms with Gasteiger partial charge in [-0.1, -0.05) is 0 Å². The van der Waals surface area contributed by atoms with E-state index in [2.05, 4.69) is 37.2 Å². The van der Waals surface area contributed by atoms with Crippen molar-refractivity contribution in [1.82, 2.24) is 9.88 Å². The first-order chi connectivity index (χ1) is 10.2. The van der Waals surface area contributed by atoms with Crippen molar-refractivity contribution in [3.63, 3.8) is 0 Å². The maximum absolute atomic E-state index is 6.08. The Balaban J connectivity index is 1.60. The van der Waals surface area contributed by atoms with E-state index in [-0.39, 0.29) is 0 Å². The number of fused-ring (bicyclic) bond motifs is 1. The van der Waals surface area contributed by atoms with E-state index in [0.29, 0.717) is 6.04 Å². The third-order valence-electron chi connectivity index (χ3n) is 4.49. The molecular weight excluding hydrogens is 328 g/mol. The standard InChI is InChI=1S/C16H19BrN4/c17-10-7-13-14(18)3-4-15(16(13)19-8-10)20-11-5-6-21(9-11)12-1-2-12/h3-4,7-8,11-12,20H,1-2,5-6,9,18H2. The van der Waals surface area contributed by atoms with Crippen molar-refractivity contribution < 1.29 is 0 Å². The first-order valence-electron chi connectivity index (χ1n) is 7.55. The van der Waals surface area contributed by atoms with E-state index in [0.717, 1.165) is 39.3 Å². The van der Waals surface area contributed by atoms with E-state index in [1.54, 1.807) is 0 Å². The average molecular weight is 347 g/mol. The molecule has 1 unspecified atom stereocenters. The molecule has 1 saturated carbocycles. The molecule has 21 heavy (non-hydrogen) atoms. The number of hydrogen-bond donors (Lipinski definition) is 2. The molecule has 2 aromatic rings. The van der Waals surface area contributed by atoms with E-state index < -0.39 is 0 Å². The summed E-state index contributed by atoms with van der Waals surface area (Å²) in [6, 6.07) is 7.43. The van der Waals surface area contributed by atoms with Crippen molar-refractivity contribution in [2.75, 3.05) is 24.1 Å². The topological polar surface area (TPSA) is 54.2 Å². The van der Waals surface area contributed by atoms with Gasteiger partial charge in [-0.05, 0) is 53.4 Å². The molecule has 4 rings (SSSR count). The third-order valence-corrected chi connectivity index (χ3v) is 4.93. The molecule has 2 fully saturated rings. The number of aromatic nitrogens is 1. The Morgan fingerprint density at radius 2 is 2.14 bits per heavy atom. The van der Waals surface area contributed by atoms with Crippen LogP contribution in [0, 0.1) is 0 Å². The predicted molar refractivity (Wildman–Crippen MR) is 90.5 cm³/mol. The fraction of sp³-hybridized carbons (Fsp3) is 0.438. The summed E-state index contributed by atoms with van der Waals surface area (Å²) in [6.45, 7) is 2.36. The maximum Gasteiger partial charge on any atom is 0.0954 e. The Bertz CT molecular complexity index is 683. The molecule has 5 heteroatoms. The summed E-state index contributed by atoms with van der Waals surface area (Å²) in [5.41, 5.74) is 8.90. The summed E-state index contributed by atoms with van der Waals surface area (Å²) < 4.78 is 0.958. The van der Waals surface area contributed by atoms with E-state index in [4.69, 9.17) is 5.73 Å². The molecule has 0 amide bonds. The average Bonchev–Trinajstić information content (AvgIpc) is 3.23. The number of nitrogens with one attached hydrogen (secondary N) is 1. The van der Waals surface area contributed by atoms with Gasteiger partial charge in [0.05, 0.1) is 11.2 Å². The van der Waals surface area contributed by atoms with Crippen LogP contribution in [0.2, 0.25) is 0 Å². The second-order valence-electron chi connectivity index (χ2n) is 6.11. The molecule has 0 spiro atoms. The third kappa shape index (κ3) is 2.60. The molecule has 1 aliphatic heterocycles. The van der Waals surface area contributed by atoms with Gasteiger partial charge >= 0.3 is 0 Å². The fourth-order valence-corrected chi connectivity index (χ4v) is 3.56. The molecule has 1 aliphatic carbocycles. The number of hydrogen-bond acceptors (Lipinski definition) is 4. The predicted octanol–water partition coefficient (Wildman–Crippen LogP) is 3.23. The lowest BCUT2D eigenvalue weighted by Gasteiger charge is -2.18. The van der Waals surface area contributed by atoms with Crippen molar-refractivity contribution >= 4 is 38.2 Å². The zero-order valence-electron chi connectivity index (χ0n) is 11.8. The van der Waals surface area contributed by atoms with Crippen LogP contribution in [0.1, 0.15) is 19.3 Å². The Morgan fingerprint density at radius 1 is 1.29 bits per heavy atom. The molecule has 0 radical (unpaired) electrons. The summed E-state index contributed by atoms with van der Waals surface area (Å²) in [7, 11) is 0. The highest BCUT2D eigenvalue weighted by Crippen LogP contribution is 2.33. The van der Waals surface area contributed by atoms with Gasteiger partial charge in [0.25, 0.3) is 0 Å². The van der Waals surface area contributed by atoms with Crippen LogP contribution in [-0.2, 0) is 0 Å². The van der Waals surface area contributed by atoms with Crippen molar-refractivity contribution in [2.24, 2.45) is 0 Å². The van der Waals surface area contributed by atoms with Crippen LogP contribution in [0.25, 0.3) is 10.9 Å². The molecule has 4 nitrogen and oxygen atoms in total. The van der Waals surface area contributed by atoms with Crippen molar-refractivity contribution in [3.05, 3.63) is 28.9 Å². The molecule has 1 atom stereocenters. The van der Waals surface area contributed by atoms with Crippen LogP contribution in [0.5, 0.6) is 0 Å². The van der Waals surface area contributed by atoms with E-state index in [1.165, 1.54) is 25.8 Å². The van der Waals surface area contributed by atoms with Gasteiger partial charge in [-0.25, -0.2) is 0 Å². The highest BCUT2D eigenvalue weighted by atomic mass is 79.9. The Labute approximate surface area is 132 Å². The lowest BCUT2D eigenvalue weighted by molar-refractivity contribution is 0.326. The number of likely N-dealkylation sites (tertiary alicyclic amines) is 1. The Hall–Kier alpha value is -1.33. The zero-order valence-corrected chi connectivity index (χ0v) is 13.4. The minimum atomic E-state index is 0.517.